The topological polar surface area (TPSA) is 35.6 Å². The molecule has 0 aliphatic rings. The third-order valence-corrected chi connectivity index (χ3v) is 2.58. The van der Waals surface area contributed by atoms with Crippen LogP contribution in [0.25, 0.3) is 0 Å². The molecular weight excluding hydrogens is 238 g/mol. The molecule has 0 aliphatic heterocycles. The lowest BCUT2D eigenvalue weighted by Gasteiger charge is -2.20. The molecule has 2 amide bonds. The van der Waals surface area contributed by atoms with Gasteiger partial charge < -0.3 is 15.1 Å². The third-order valence-electron chi connectivity index (χ3n) is 2.32. The summed E-state index contributed by atoms with van der Waals surface area (Å²) in [7, 11) is 5.73. The number of nitrogens with zero attached hydrogens (tertiary/aromatic N) is 2. The van der Waals surface area contributed by atoms with Gasteiger partial charge in [-0.05, 0) is 38.4 Å². The molecule has 5 heteroatoms. The molecule has 0 radical (unpaired) electrons. The number of halogens is 1. The molecule has 0 bridgehead atoms. The van der Waals surface area contributed by atoms with E-state index in [1.807, 2.05) is 19.0 Å². The SMILES string of the molecule is CN(C)CCN(C)C(=O)Nc1ccc(Cl)cc1. The van der Waals surface area contributed by atoms with Crippen LogP contribution in [-0.4, -0.2) is 50.1 Å². The second kappa shape index (κ2) is 6.47. The summed E-state index contributed by atoms with van der Waals surface area (Å²) in [5.41, 5.74) is 0.746. The molecule has 0 aromatic heterocycles. The minimum atomic E-state index is -0.117. The van der Waals surface area contributed by atoms with Crippen molar-refractivity contribution in [1.29, 1.82) is 0 Å². The van der Waals surface area contributed by atoms with Crippen molar-refractivity contribution in [3.8, 4) is 0 Å². The van der Waals surface area contributed by atoms with Gasteiger partial charge in [0.1, 0.15) is 0 Å². The quantitative estimate of drug-likeness (QED) is 0.897. The number of hydrogen-bond acceptors (Lipinski definition) is 2. The van der Waals surface area contributed by atoms with Gasteiger partial charge in [0.15, 0.2) is 0 Å². The standard InChI is InChI=1S/C12H18ClN3O/c1-15(2)8-9-16(3)12(17)14-11-6-4-10(13)5-7-11/h4-7H,8-9H2,1-3H3,(H,14,17). The lowest BCUT2D eigenvalue weighted by atomic mass is 10.3. The molecule has 0 aliphatic carbocycles. The van der Waals surface area contributed by atoms with Crippen molar-refractivity contribution in [1.82, 2.24) is 9.80 Å². The van der Waals surface area contributed by atoms with Crippen molar-refractivity contribution < 1.29 is 4.79 Å². The van der Waals surface area contributed by atoms with E-state index in [2.05, 4.69) is 5.32 Å². The fourth-order valence-electron chi connectivity index (χ4n) is 1.20. The number of carbonyl (C=O) groups excluding carboxylic acids is 1. The average molecular weight is 256 g/mol. The van der Waals surface area contributed by atoms with Crippen molar-refractivity contribution in [3.05, 3.63) is 29.3 Å². The van der Waals surface area contributed by atoms with Crippen LogP contribution in [0.3, 0.4) is 0 Å². The Bertz CT molecular complexity index is 365. The van der Waals surface area contributed by atoms with Crippen LogP contribution in [0.5, 0.6) is 0 Å². The van der Waals surface area contributed by atoms with Crippen LogP contribution in [0.1, 0.15) is 0 Å². The Morgan fingerprint density at radius 1 is 1.18 bits per heavy atom. The molecule has 94 valence electrons. The first kappa shape index (κ1) is 13.8. The lowest BCUT2D eigenvalue weighted by molar-refractivity contribution is 0.217. The monoisotopic (exact) mass is 255 g/mol. The Morgan fingerprint density at radius 2 is 1.76 bits per heavy atom. The van der Waals surface area contributed by atoms with E-state index in [9.17, 15) is 4.79 Å². The van der Waals surface area contributed by atoms with Crippen molar-refractivity contribution in [3.63, 3.8) is 0 Å². The number of hydrogen-bond donors (Lipinski definition) is 1. The maximum absolute atomic E-state index is 11.8. The zero-order chi connectivity index (χ0) is 12.8. The molecule has 0 unspecified atom stereocenters. The van der Waals surface area contributed by atoms with Gasteiger partial charge >= 0.3 is 6.03 Å². The van der Waals surface area contributed by atoms with Gasteiger partial charge in [-0.3, -0.25) is 0 Å². The Labute approximate surface area is 107 Å². The Kier molecular flexibility index (Phi) is 5.25. The fraction of sp³-hybridized carbons (Fsp3) is 0.417. The lowest BCUT2D eigenvalue weighted by Crippen LogP contribution is -2.36. The molecule has 1 rings (SSSR count). The van der Waals surface area contributed by atoms with Crippen LogP contribution in [0, 0.1) is 0 Å². The van der Waals surface area contributed by atoms with Gasteiger partial charge in [-0.2, -0.15) is 0 Å². The predicted molar refractivity (Wildman–Crippen MR) is 71.7 cm³/mol. The molecule has 1 aromatic rings. The summed E-state index contributed by atoms with van der Waals surface area (Å²) in [4.78, 5) is 15.5. The van der Waals surface area contributed by atoms with Crippen LogP contribution >= 0.6 is 11.6 Å². The molecule has 17 heavy (non-hydrogen) atoms. The Morgan fingerprint density at radius 3 is 2.29 bits per heavy atom. The van der Waals surface area contributed by atoms with Gasteiger partial charge in [0, 0.05) is 30.8 Å². The first-order valence-corrected chi connectivity index (χ1v) is 5.79. The van der Waals surface area contributed by atoms with Crippen molar-refractivity contribution in [2.24, 2.45) is 0 Å². The molecule has 0 saturated carbocycles. The number of nitrogens with one attached hydrogen (secondary N) is 1. The molecular formula is C12H18ClN3O. The number of urea groups is 1. The Balaban J connectivity index is 2.45. The van der Waals surface area contributed by atoms with E-state index < -0.39 is 0 Å². The second-order valence-electron chi connectivity index (χ2n) is 4.16. The second-order valence-corrected chi connectivity index (χ2v) is 4.60. The van der Waals surface area contributed by atoms with Gasteiger partial charge in [-0.15, -0.1) is 0 Å². The van der Waals surface area contributed by atoms with Crippen molar-refractivity contribution in [2.75, 3.05) is 39.5 Å². The van der Waals surface area contributed by atoms with Crippen LogP contribution < -0.4 is 5.32 Å². The van der Waals surface area contributed by atoms with E-state index >= 15 is 0 Å². The van der Waals surface area contributed by atoms with Crippen molar-refractivity contribution in [2.45, 2.75) is 0 Å². The largest absolute Gasteiger partial charge is 0.326 e. The normalized spacial score (nSPS) is 10.4. The van der Waals surface area contributed by atoms with E-state index in [0.717, 1.165) is 12.2 Å². The third kappa shape index (κ3) is 5.06. The summed E-state index contributed by atoms with van der Waals surface area (Å²) < 4.78 is 0. The predicted octanol–water partition coefficient (Wildman–Crippen LogP) is 2.37. The minimum absolute atomic E-state index is 0.117. The van der Waals surface area contributed by atoms with E-state index in [-0.39, 0.29) is 6.03 Å². The minimum Gasteiger partial charge on any atom is -0.326 e. The maximum atomic E-state index is 11.8. The van der Waals surface area contributed by atoms with E-state index in [1.54, 1.807) is 36.2 Å². The number of rotatable bonds is 4. The van der Waals surface area contributed by atoms with Gasteiger partial charge in [0.05, 0.1) is 0 Å². The zero-order valence-corrected chi connectivity index (χ0v) is 11.2. The summed E-state index contributed by atoms with van der Waals surface area (Å²) in [5.74, 6) is 0. The van der Waals surface area contributed by atoms with Crippen LogP contribution in [0.4, 0.5) is 10.5 Å². The maximum Gasteiger partial charge on any atom is 0.321 e. The van der Waals surface area contributed by atoms with Crippen LogP contribution in [0.15, 0.2) is 24.3 Å². The summed E-state index contributed by atoms with van der Waals surface area (Å²) in [5, 5.41) is 3.46. The van der Waals surface area contributed by atoms with E-state index in [1.165, 1.54) is 0 Å². The molecule has 0 saturated heterocycles. The van der Waals surface area contributed by atoms with Gasteiger partial charge in [0.2, 0.25) is 0 Å². The molecule has 0 heterocycles. The smallest absolute Gasteiger partial charge is 0.321 e. The van der Waals surface area contributed by atoms with Gasteiger partial charge in [-0.1, -0.05) is 11.6 Å². The van der Waals surface area contributed by atoms with E-state index in [4.69, 9.17) is 11.6 Å². The number of amides is 2. The molecule has 0 spiro atoms. The summed E-state index contributed by atoms with van der Waals surface area (Å²) in [6.45, 7) is 1.52. The first-order valence-electron chi connectivity index (χ1n) is 5.41. The molecule has 1 aromatic carbocycles. The highest BCUT2D eigenvalue weighted by atomic mass is 35.5. The van der Waals surface area contributed by atoms with E-state index in [0.29, 0.717) is 11.6 Å². The summed E-state index contributed by atoms with van der Waals surface area (Å²) >= 11 is 5.77. The number of benzene rings is 1. The molecule has 0 fully saturated rings. The van der Waals surface area contributed by atoms with Crippen LogP contribution in [-0.2, 0) is 0 Å². The molecule has 4 nitrogen and oxygen atoms in total. The highest BCUT2D eigenvalue weighted by Crippen LogP contribution is 2.13. The Hall–Kier alpha value is -1.26. The highest BCUT2D eigenvalue weighted by Gasteiger charge is 2.08. The van der Waals surface area contributed by atoms with Crippen LogP contribution in [0.2, 0.25) is 5.02 Å². The number of likely N-dealkylation sites (N-methyl/N-ethyl adjacent to an activating group) is 2. The molecule has 0 atom stereocenters. The fourth-order valence-corrected chi connectivity index (χ4v) is 1.33. The van der Waals surface area contributed by atoms with Gasteiger partial charge in [-0.25, -0.2) is 4.79 Å². The van der Waals surface area contributed by atoms with Crippen molar-refractivity contribution >= 4 is 23.3 Å². The van der Waals surface area contributed by atoms with Gasteiger partial charge in [0.25, 0.3) is 0 Å². The summed E-state index contributed by atoms with van der Waals surface area (Å²) in [6.07, 6.45) is 0. The number of carbonyl (C=O) groups is 1. The molecule has 1 N–H and O–H groups in total. The summed E-state index contributed by atoms with van der Waals surface area (Å²) in [6, 6.07) is 6.93. The number of anilines is 1. The first-order chi connectivity index (χ1) is 7.99. The average Bonchev–Trinajstić information content (AvgIpc) is 2.28. The highest BCUT2D eigenvalue weighted by molar-refractivity contribution is 6.30. The zero-order valence-electron chi connectivity index (χ0n) is 10.4.